The molecule has 0 aliphatic heterocycles. The lowest BCUT2D eigenvalue weighted by Gasteiger charge is -2.16. The lowest BCUT2D eigenvalue weighted by atomic mass is 9.98. The number of aliphatic carboxylic acids is 1. The van der Waals surface area contributed by atoms with Crippen LogP contribution in [0.2, 0.25) is 0 Å². The van der Waals surface area contributed by atoms with Gasteiger partial charge in [-0.15, -0.1) is 0 Å². The van der Waals surface area contributed by atoms with E-state index < -0.39 is 31.9 Å². The Morgan fingerprint density at radius 3 is 2.20 bits per heavy atom. The number of carboxylic acids is 1. The first kappa shape index (κ1) is 21.6. The van der Waals surface area contributed by atoms with Gasteiger partial charge in [-0.2, -0.15) is 0 Å². The van der Waals surface area contributed by atoms with Crippen LogP contribution in [0.5, 0.6) is 0 Å². The summed E-state index contributed by atoms with van der Waals surface area (Å²) in [6.45, 7) is 3.43. The summed E-state index contributed by atoms with van der Waals surface area (Å²) in [7, 11) is -5.11. The molecule has 2 N–H and O–H groups in total. The summed E-state index contributed by atoms with van der Waals surface area (Å²) in [4.78, 5) is 10.8. The van der Waals surface area contributed by atoms with Crippen molar-refractivity contribution in [1.29, 1.82) is 0 Å². The maximum Gasteiger partial charge on any atom is 0.307 e. The maximum atomic E-state index is 12.4. The third-order valence-electron chi connectivity index (χ3n) is 3.52. The molecule has 0 heterocycles. The molecule has 142 valence electrons. The number of rotatable bonds is 9. The highest BCUT2D eigenvalue weighted by Crippen LogP contribution is 2.19. The van der Waals surface area contributed by atoms with Crippen molar-refractivity contribution in [1.82, 2.24) is 9.03 Å². The Morgan fingerprint density at radius 2 is 1.72 bits per heavy atom. The van der Waals surface area contributed by atoms with Crippen molar-refractivity contribution in [3.8, 4) is 0 Å². The van der Waals surface area contributed by atoms with Crippen molar-refractivity contribution in [2.75, 3.05) is 20.6 Å². The number of sulfonamides is 2. The van der Waals surface area contributed by atoms with E-state index in [4.69, 9.17) is 0 Å². The summed E-state index contributed by atoms with van der Waals surface area (Å²) in [6, 6.07) is 4.94. The highest BCUT2D eigenvalue weighted by Gasteiger charge is 2.24. The first-order valence-electron chi connectivity index (χ1n) is 7.63. The zero-order valence-electron chi connectivity index (χ0n) is 14.6. The van der Waals surface area contributed by atoms with E-state index in [2.05, 4.69) is 4.72 Å². The molecule has 0 bridgehead atoms. The van der Waals surface area contributed by atoms with Gasteiger partial charge >= 0.3 is 5.97 Å². The van der Waals surface area contributed by atoms with Crippen LogP contribution in [0, 0.1) is 11.8 Å². The van der Waals surface area contributed by atoms with Crippen LogP contribution >= 0.6 is 0 Å². The lowest BCUT2D eigenvalue weighted by Crippen LogP contribution is -2.33. The van der Waals surface area contributed by atoms with Crippen LogP contribution in [0.3, 0.4) is 0 Å². The smallest absolute Gasteiger partial charge is 0.307 e. The van der Waals surface area contributed by atoms with Gasteiger partial charge in [-0.25, -0.2) is 25.9 Å². The van der Waals surface area contributed by atoms with Gasteiger partial charge in [0.25, 0.3) is 0 Å². The molecule has 1 rings (SSSR count). The van der Waals surface area contributed by atoms with Crippen molar-refractivity contribution in [3.05, 3.63) is 24.3 Å². The fourth-order valence-electron chi connectivity index (χ4n) is 2.15. The van der Waals surface area contributed by atoms with Crippen LogP contribution in [0.1, 0.15) is 20.3 Å². The SMILES string of the molecule is CC(C)CC(CNS(=O)(=O)c1cccc(S(=O)(=O)N(C)C)c1)C(=O)O. The summed E-state index contributed by atoms with van der Waals surface area (Å²) in [6.07, 6.45) is 0.326. The monoisotopic (exact) mass is 392 g/mol. The molecule has 0 fully saturated rings. The lowest BCUT2D eigenvalue weighted by molar-refractivity contribution is -0.142. The Balaban J connectivity index is 3.05. The molecule has 0 aliphatic rings. The van der Waals surface area contributed by atoms with E-state index in [0.717, 1.165) is 10.4 Å². The molecule has 0 saturated carbocycles. The van der Waals surface area contributed by atoms with E-state index in [1.807, 2.05) is 13.8 Å². The minimum atomic E-state index is -4.03. The molecule has 10 heteroatoms. The normalized spacial score (nSPS) is 14.0. The Kier molecular flexibility index (Phi) is 7.12. The number of nitrogens with one attached hydrogen (secondary N) is 1. The molecule has 1 unspecified atom stereocenters. The fourth-order valence-corrected chi connectivity index (χ4v) is 4.30. The number of hydrogen-bond donors (Lipinski definition) is 2. The van der Waals surface area contributed by atoms with Crippen LogP contribution in [-0.2, 0) is 24.8 Å². The van der Waals surface area contributed by atoms with Gasteiger partial charge in [-0.05, 0) is 30.5 Å². The average Bonchev–Trinajstić information content (AvgIpc) is 2.50. The van der Waals surface area contributed by atoms with Crippen molar-refractivity contribution in [2.24, 2.45) is 11.8 Å². The molecular formula is C15H24N2O6S2. The Morgan fingerprint density at radius 1 is 1.16 bits per heavy atom. The van der Waals surface area contributed by atoms with Crippen LogP contribution in [0.4, 0.5) is 0 Å². The zero-order chi connectivity index (χ0) is 19.4. The van der Waals surface area contributed by atoms with Gasteiger partial charge in [0, 0.05) is 20.6 Å². The van der Waals surface area contributed by atoms with Crippen LogP contribution in [-0.4, -0.2) is 52.9 Å². The Labute approximate surface area is 149 Å². The maximum absolute atomic E-state index is 12.4. The highest BCUT2D eigenvalue weighted by molar-refractivity contribution is 7.90. The third kappa shape index (κ3) is 5.77. The molecule has 0 aromatic heterocycles. The molecule has 1 atom stereocenters. The number of carboxylic acid groups (broad SMARTS) is 1. The second-order valence-electron chi connectivity index (χ2n) is 6.28. The summed E-state index contributed by atoms with van der Waals surface area (Å²) in [5.41, 5.74) is 0. The van der Waals surface area contributed by atoms with Crippen LogP contribution in [0.15, 0.2) is 34.1 Å². The predicted octanol–water partition coefficient (Wildman–Crippen LogP) is 0.962. The molecule has 1 aromatic carbocycles. The Bertz CT molecular complexity index is 816. The number of benzene rings is 1. The van der Waals surface area contributed by atoms with Gasteiger partial charge in [-0.3, -0.25) is 4.79 Å². The quantitative estimate of drug-likeness (QED) is 0.646. The summed E-state index contributed by atoms with van der Waals surface area (Å²) in [5.74, 6) is -1.84. The van der Waals surface area contributed by atoms with Gasteiger partial charge in [0.2, 0.25) is 20.0 Å². The van der Waals surface area contributed by atoms with E-state index >= 15 is 0 Å². The molecule has 0 amide bonds. The Hall–Kier alpha value is -1.49. The zero-order valence-corrected chi connectivity index (χ0v) is 16.3. The van der Waals surface area contributed by atoms with Gasteiger partial charge < -0.3 is 5.11 Å². The summed E-state index contributed by atoms with van der Waals surface area (Å²) >= 11 is 0. The van der Waals surface area contributed by atoms with E-state index in [9.17, 15) is 26.7 Å². The van der Waals surface area contributed by atoms with Gasteiger partial charge in [0.15, 0.2) is 0 Å². The topological polar surface area (TPSA) is 121 Å². The predicted molar refractivity (Wildman–Crippen MR) is 93.1 cm³/mol. The number of carbonyl (C=O) groups is 1. The van der Waals surface area contributed by atoms with E-state index in [1.54, 1.807) is 0 Å². The molecule has 0 saturated heterocycles. The van der Waals surface area contributed by atoms with Gasteiger partial charge in [0.1, 0.15) is 0 Å². The molecular weight excluding hydrogens is 368 g/mol. The number of hydrogen-bond acceptors (Lipinski definition) is 5. The van der Waals surface area contributed by atoms with Crippen molar-refractivity contribution in [3.63, 3.8) is 0 Å². The van der Waals surface area contributed by atoms with Crippen molar-refractivity contribution < 1.29 is 26.7 Å². The second kappa shape index (κ2) is 8.26. The first-order valence-corrected chi connectivity index (χ1v) is 10.6. The average molecular weight is 392 g/mol. The van der Waals surface area contributed by atoms with Crippen LogP contribution in [0.25, 0.3) is 0 Å². The molecule has 25 heavy (non-hydrogen) atoms. The highest BCUT2D eigenvalue weighted by atomic mass is 32.2. The van der Waals surface area contributed by atoms with Gasteiger partial charge in [0.05, 0.1) is 15.7 Å². The number of nitrogens with zero attached hydrogens (tertiary/aromatic N) is 1. The fraction of sp³-hybridized carbons (Fsp3) is 0.533. The van der Waals surface area contributed by atoms with E-state index in [0.29, 0.717) is 6.42 Å². The van der Waals surface area contributed by atoms with Crippen molar-refractivity contribution in [2.45, 2.75) is 30.1 Å². The molecule has 0 radical (unpaired) electrons. The van der Waals surface area contributed by atoms with E-state index in [1.165, 1.54) is 32.3 Å². The largest absolute Gasteiger partial charge is 0.481 e. The summed E-state index contributed by atoms with van der Waals surface area (Å²) < 4.78 is 52.2. The van der Waals surface area contributed by atoms with Crippen molar-refractivity contribution >= 4 is 26.0 Å². The molecule has 8 nitrogen and oxygen atoms in total. The van der Waals surface area contributed by atoms with Crippen LogP contribution < -0.4 is 4.72 Å². The minimum absolute atomic E-state index is 0.0965. The second-order valence-corrected chi connectivity index (χ2v) is 10.2. The molecule has 1 aromatic rings. The van der Waals surface area contributed by atoms with E-state index in [-0.39, 0.29) is 22.3 Å². The molecule has 0 aliphatic carbocycles. The summed E-state index contributed by atoms with van der Waals surface area (Å²) in [5, 5.41) is 9.18. The minimum Gasteiger partial charge on any atom is -0.481 e. The molecule has 0 spiro atoms. The standard InChI is InChI=1S/C15H24N2O6S2/c1-11(2)8-12(15(18)19)10-16-24(20,21)13-6-5-7-14(9-13)25(22,23)17(3)4/h5-7,9,11-12,16H,8,10H2,1-4H3,(H,18,19). The third-order valence-corrected chi connectivity index (χ3v) is 6.75. The first-order chi connectivity index (χ1) is 11.4. The van der Waals surface area contributed by atoms with Gasteiger partial charge in [-0.1, -0.05) is 19.9 Å².